The minimum atomic E-state index is -0.567. The van der Waals surface area contributed by atoms with Gasteiger partial charge in [0.15, 0.2) is 11.5 Å². The van der Waals surface area contributed by atoms with Crippen LogP contribution in [-0.2, 0) is 9.59 Å². The predicted molar refractivity (Wildman–Crippen MR) is 119 cm³/mol. The average Bonchev–Trinajstić information content (AvgIpc) is 3.01. The summed E-state index contributed by atoms with van der Waals surface area (Å²) in [7, 11) is 4.47. The van der Waals surface area contributed by atoms with Gasteiger partial charge in [-0.25, -0.2) is 0 Å². The van der Waals surface area contributed by atoms with Gasteiger partial charge in [0, 0.05) is 11.3 Å². The molecular weight excluding hydrogens is 444 g/mol. The molecule has 31 heavy (non-hydrogen) atoms. The predicted octanol–water partition coefficient (Wildman–Crippen LogP) is 4.04. The topological polar surface area (TPSA) is 94.2 Å². The Bertz CT molecular complexity index is 1070. The smallest absolute Gasteiger partial charge is 0.294 e. The Balaban J connectivity index is 1.74. The number of methoxy groups -OCH3 is 3. The molecule has 0 aliphatic carbocycles. The highest BCUT2D eigenvalue weighted by Crippen LogP contribution is 2.37. The van der Waals surface area contributed by atoms with E-state index in [2.05, 4.69) is 5.32 Å². The molecule has 2 aromatic rings. The van der Waals surface area contributed by atoms with Gasteiger partial charge in [-0.1, -0.05) is 23.7 Å². The molecule has 1 fully saturated rings. The molecule has 1 heterocycles. The van der Waals surface area contributed by atoms with E-state index in [1.54, 1.807) is 30.3 Å². The van der Waals surface area contributed by atoms with Crippen molar-refractivity contribution < 1.29 is 28.6 Å². The van der Waals surface area contributed by atoms with Crippen molar-refractivity contribution in [2.45, 2.75) is 0 Å². The molecule has 0 radical (unpaired) electrons. The molecule has 0 bridgehead atoms. The second-order valence-corrected chi connectivity index (χ2v) is 7.65. The molecule has 1 aliphatic rings. The van der Waals surface area contributed by atoms with Gasteiger partial charge in [-0.05, 0) is 42.1 Å². The Labute approximate surface area is 188 Å². The van der Waals surface area contributed by atoms with Gasteiger partial charge in [-0.3, -0.25) is 19.3 Å². The lowest BCUT2D eigenvalue weighted by Gasteiger charge is -2.13. The average molecular weight is 463 g/mol. The van der Waals surface area contributed by atoms with Crippen molar-refractivity contribution in [2.75, 3.05) is 33.2 Å². The number of ether oxygens (including phenoxy) is 3. The molecule has 8 nitrogen and oxygen atoms in total. The van der Waals surface area contributed by atoms with Gasteiger partial charge in [0.05, 0.1) is 31.3 Å². The lowest BCUT2D eigenvalue weighted by molar-refractivity contribution is -0.127. The molecule has 1 aliphatic heterocycles. The highest BCUT2D eigenvalue weighted by atomic mass is 35.5. The van der Waals surface area contributed by atoms with Crippen molar-refractivity contribution in [1.82, 2.24) is 4.90 Å². The highest BCUT2D eigenvalue weighted by molar-refractivity contribution is 8.18. The SMILES string of the molecule is COc1ccc(NC(=O)CN2C(=O)SC(=Cc3cccc(OC)c3OC)C2=O)cc1Cl. The zero-order chi connectivity index (χ0) is 22.5. The molecule has 3 amide bonds. The summed E-state index contributed by atoms with van der Waals surface area (Å²) >= 11 is 6.80. The summed E-state index contributed by atoms with van der Waals surface area (Å²) in [6.07, 6.45) is 1.54. The van der Waals surface area contributed by atoms with Crippen molar-refractivity contribution >= 4 is 52.2 Å². The number of benzene rings is 2. The molecule has 1 N–H and O–H groups in total. The van der Waals surface area contributed by atoms with Crippen molar-refractivity contribution in [3.63, 3.8) is 0 Å². The Morgan fingerprint density at radius 3 is 2.48 bits per heavy atom. The van der Waals surface area contributed by atoms with Crippen LogP contribution in [0.15, 0.2) is 41.3 Å². The lowest BCUT2D eigenvalue weighted by atomic mass is 10.1. The van der Waals surface area contributed by atoms with Crippen LogP contribution in [0.1, 0.15) is 5.56 Å². The maximum absolute atomic E-state index is 12.7. The number of thioether (sulfide) groups is 1. The summed E-state index contributed by atoms with van der Waals surface area (Å²) in [5, 5.41) is 2.39. The van der Waals surface area contributed by atoms with Crippen molar-refractivity contribution in [3.05, 3.63) is 51.9 Å². The summed E-state index contributed by atoms with van der Waals surface area (Å²) in [5.74, 6) is 0.286. The zero-order valence-corrected chi connectivity index (χ0v) is 18.5. The Morgan fingerprint density at radius 1 is 1.10 bits per heavy atom. The number of hydrogen-bond acceptors (Lipinski definition) is 7. The monoisotopic (exact) mass is 462 g/mol. The summed E-state index contributed by atoms with van der Waals surface area (Å²) in [5.41, 5.74) is 0.990. The molecule has 0 atom stereocenters. The standard InChI is InChI=1S/C21H19ClN2O6S/c1-28-15-8-7-13(10-14(15)22)23-18(25)11-24-20(26)17(31-21(24)27)9-12-5-4-6-16(29-2)19(12)30-3/h4-10H,11H2,1-3H3,(H,23,25). The third kappa shape index (κ3) is 4.95. The number of para-hydroxylation sites is 1. The van der Waals surface area contributed by atoms with Crippen LogP contribution < -0.4 is 19.5 Å². The van der Waals surface area contributed by atoms with Crippen LogP contribution in [0.5, 0.6) is 17.2 Å². The molecule has 10 heteroatoms. The van der Waals surface area contributed by atoms with E-state index in [4.69, 9.17) is 25.8 Å². The number of anilines is 1. The van der Waals surface area contributed by atoms with E-state index >= 15 is 0 Å². The van der Waals surface area contributed by atoms with Crippen LogP contribution in [-0.4, -0.2) is 49.8 Å². The Hall–Kier alpha value is -3.17. The largest absolute Gasteiger partial charge is 0.495 e. The van der Waals surface area contributed by atoms with Gasteiger partial charge in [0.25, 0.3) is 11.1 Å². The number of nitrogens with one attached hydrogen (secondary N) is 1. The van der Waals surface area contributed by atoms with Crippen molar-refractivity contribution in [1.29, 1.82) is 0 Å². The number of nitrogens with zero attached hydrogens (tertiary/aromatic N) is 1. The molecule has 3 rings (SSSR count). The molecule has 0 aromatic heterocycles. The molecule has 1 saturated heterocycles. The summed E-state index contributed by atoms with van der Waals surface area (Å²) in [6, 6.07) is 9.91. The van der Waals surface area contributed by atoms with Crippen LogP contribution in [0.4, 0.5) is 10.5 Å². The number of carbonyl (C=O) groups is 3. The van der Waals surface area contributed by atoms with Gasteiger partial charge in [0.1, 0.15) is 12.3 Å². The zero-order valence-electron chi connectivity index (χ0n) is 16.9. The lowest BCUT2D eigenvalue weighted by Crippen LogP contribution is -2.36. The highest BCUT2D eigenvalue weighted by Gasteiger charge is 2.36. The minimum Gasteiger partial charge on any atom is -0.495 e. The van der Waals surface area contributed by atoms with Gasteiger partial charge < -0.3 is 19.5 Å². The molecular formula is C21H19ClN2O6S. The molecule has 0 unspecified atom stereocenters. The molecule has 0 saturated carbocycles. The third-order valence-electron chi connectivity index (χ3n) is 4.33. The Kier molecular flexibility index (Phi) is 7.09. The van der Waals surface area contributed by atoms with E-state index in [0.717, 1.165) is 16.7 Å². The number of carbonyl (C=O) groups excluding carboxylic acids is 3. The Morgan fingerprint density at radius 2 is 1.84 bits per heavy atom. The summed E-state index contributed by atoms with van der Waals surface area (Å²) in [4.78, 5) is 38.5. The van der Waals surface area contributed by atoms with Crippen LogP contribution in [0.2, 0.25) is 5.02 Å². The van der Waals surface area contributed by atoms with Gasteiger partial charge in [0.2, 0.25) is 5.91 Å². The fourth-order valence-electron chi connectivity index (χ4n) is 2.89. The van der Waals surface area contributed by atoms with Gasteiger partial charge in [-0.2, -0.15) is 0 Å². The molecule has 2 aromatic carbocycles. The number of amides is 3. The first-order valence-electron chi connectivity index (χ1n) is 8.97. The molecule has 162 valence electrons. The second kappa shape index (κ2) is 9.76. The summed E-state index contributed by atoms with van der Waals surface area (Å²) < 4.78 is 15.7. The number of rotatable bonds is 7. The van der Waals surface area contributed by atoms with E-state index in [9.17, 15) is 14.4 Å². The van der Waals surface area contributed by atoms with Crippen LogP contribution in [0.25, 0.3) is 6.08 Å². The van der Waals surface area contributed by atoms with E-state index in [1.807, 2.05) is 0 Å². The van der Waals surface area contributed by atoms with Crippen LogP contribution in [0.3, 0.4) is 0 Å². The first kappa shape index (κ1) is 22.5. The van der Waals surface area contributed by atoms with E-state index in [1.165, 1.54) is 33.5 Å². The van der Waals surface area contributed by atoms with E-state index in [-0.39, 0.29) is 4.91 Å². The van der Waals surface area contributed by atoms with E-state index < -0.39 is 23.6 Å². The van der Waals surface area contributed by atoms with Gasteiger partial charge >= 0.3 is 0 Å². The number of hydrogen-bond donors (Lipinski definition) is 1. The quantitative estimate of drug-likeness (QED) is 0.620. The van der Waals surface area contributed by atoms with Crippen LogP contribution in [0, 0.1) is 0 Å². The number of imide groups is 1. The fraction of sp³-hybridized carbons (Fsp3) is 0.190. The first-order valence-corrected chi connectivity index (χ1v) is 10.2. The molecule has 0 spiro atoms. The first-order chi connectivity index (χ1) is 14.9. The van der Waals surface area contributed by atoms with E-state index in [0.29, 0.717) is 33.5 Å². The van der Waals surface area contributed by atoms with Gasteiger partial charge in [-0.15, -0.1) is 0 Å². The normalized spacial score (nSPS) is 14.7. The maximum atomic E-state index is 12.7. The maximum Gasteiger partial charge on any atom is 0.294 e. The summed E-state index contributed by atoms with van der Waals surface area (Å²) in [6.45, 7) is -0.430. The third-order valence-corrected chi connectivity index (χ3v) is 5.53. The van der Waals surface area contributed by atoms with Crippen LogP contribution >= 0.6 is 23.4 Å². The second-order valence-electron chi connectivity index (χ2n) is 6.25. The fourth-order valence-corrected chi connectivity index (χ4v) is 3.98. The number of halogens is 1. The minimum absolute atomic E-state index is 0.178. The van der Waals surface area contributed by atoms with Crippen molar-refractivity contribution in [3.8, 4) is 17.2 Å². The van der Waals surface area contributed by atoms with Crippen molar-refractivity contribution in [2.24, 2.45) is 0 Å².